The van der Waals surface area contributed by atoms with E-state index in [4.69, 9.17) is 13.8 Å². The van der Waals surface area contributed by atoms with Gasteiger partial charge in [-0.1, -0.05) is 24.3 Å². The minimum Gasteiger partial charge on any atom is -0.497 e. The summed E-state index contributed by atoms with van der Waals surface area (Å²) in [4.78, 5) is 8.75. The van der Waals surface area contributed by atoms with Crippen LogP contribution in [0.15, 0.2) is 60.9 Å². The highest BCUT2D eigenvalue weighted by molar-refractivity contribution is 7.53. The lowest BCUT2D eigenvalue weighted by Crippen LogP contribution is -1.99. The van der Waals surface area contributed by atoms with Crippen LogP contribution in [0.5, 0.6) is 5.75 Å². The molecule has 7 heteroatoms. The van der Waals surface area contributed by atoms with Crippen molar-refractivity contribution in [1.29, 1.82) is 0 Å². The number of benzene rings is 2. The van der Waals surface area contributed by atoms with Gasteiger partial charge in [-0.25, -0.2) is 9.97 Å². The topological polar surface area (TPSA) is 70.5 Å². The molecule has 0 fully saturated rings. The third-order valence-electron chi connectivity index (χ3n) is 4.33. The first kappa shape index (κ1) is 21.2. The van der Waals surface area contributed by atoms with Crippen molar-refractivity contribution in [1.82, 2.24) is 9.97 Å². The van der Waals surface area contributed by atoms with Crippen molar-refractivity contribution in [3.05, 3.63) is 66.5 Å². The van der Waals surface area contributed by atoms with Gasteiger partial charge in [-0.3, -0.25) is 4.57 Å². The van der Waals surface area contributed by atoms with Crippen molar-refractivity contribution in [2.24, 2.45) is 0 Å². The van der Waals surface area contributed by atoms with Crippen LogP contribution in [-0.2, 0) is 19.8 Å². The maximum Gasteiger partial charge on any atom is 0.335 e. The zero-order chi connectivity index (χ0) is 20.7. The molecule has 6 nitrogen and oxygen atoms in total. The smallest absolute Gasteiger partial charge is 0.335 e. The van der Waals surface area contributed by atoms with Crippen LogP contribution in [0.25, 0.3) is 22.5 Å². The van der Waals surface area contributed by atoms with Gasteiger partial charge in [0.15, 0.2) is 5.82 Å². The van der Waals surface area contributed by atoms with E-state index in [-0.39, 0.29) is 6.16 Å². The van der Waals surface area contributed by atoms with E-state index >= 15 is 0 Å². The van der Waals surface area contributed by atoms with Crippen LogP contribution in [0, 0.1) is 0 Å². The number of aromatic nitrogens is 2. The van der Waals surface area contributed by atoms with E-state index in [2.05, 4.69) is 9.97 Å². The SMILES string of the molecule is CCOP(=O)(Cc1ccc(-c2cc(OC)ccc2-c2ncccn2)cc1)OCC. The van der Waals surface area contributed by atoms with E-state index in [0.29, 0.717) is 19.0 Å². The Morgan fingerprint density at radius 1 is 0.897 bits per heavy atom. The van der Waals surface area contributed by atoms with Gasteiger partial charge in [-0.2, -0.15) is 0 Å². The Bertz CT molecular complexity index is 968. The Hall–Kier alpha value is -2.53. The molecule has 0 bridgehead atoms. The molecule has 0 saturated carbocycles. The van der Waals surface area contributed by atoms with Gasteiger partial charge in [0.05, 0.1) is 26.5 Å². The Labute approximate surface area is 171 Å². The minimum atomic E-state index is -3.14. The highest BCUT2D eigenvalue weighted by Gasteiger charge is 2.24. The zero-order valence-electron chi connectivity index (χ0n) is 16.9. The molecule has 152 valence electrons. The van der Waals surface area contributed by atoms with Gasteiger partial charge in [0.1, 0.15) is 5.75 Å². The first-order valence-electron chi connectivity index (χ1n) is 9.51. The normalized spacial score (nSPS) is 11.4. The van der Waals surface area contributed by atoms with Crippen molar-refractivity contribution in [2.75, 3.05) is 20.3 Å². The van der Waals surface area contributed by atoms with Gasteiger partial charge in [0.2, 0.25) is 0 Å². The number of nitrogens with zero attached hydrogens (tertiary/aromatic N) is 2. The molecule has 0 radical (unpaired) electrons. The molecule has 0 aliphatic rings. The van der Waals surface area contributed by atoms with E-state index in [1.165, 1.54) is 0 Å². The van der Waals surface area contributed by atoms with Crippen LogP contribution < -0.4 is 4.74 Å². The van der Waals surface area contributed by atoms with Gasteiger partial charge in [-0.05, 0) is 54.8 Å². The lowest BCUT2D eigenvalue weighted by molar-refractivity contribution is 0.219. The highest BCUT2D eigenvalue weighted by Crippen LogP contribution is 2.51. The maximum atomic E-state index is 12.8. The molecular weight excluding hydrogens is 387 g/mol. The predicted octanol–water partition coefficient (Wildman–Crippen LogP) is 5.59. The first-order valence-corrected chi connectivity index (χ1v) is 11.2. The van der Waals surface area contributed by atoms with Crippen LogP contribution in [0.3, 0.4) is 0 Å². The van der Waals surface area contributed by atoms with Crippen LogP contribution in [0.4, 0.5) is 0 Å². The molecule has 1 heterocycles. The molecule has 29 heavy (non-hydrogen) atoms. The molecule has 0 aliphatic carbocycles. The number of rotatable bonds is 9. The van der Waals surface area contributed by atoms with Crippen molar-refractivity contribution < 1.29 is 18.3 Å². The average Bonchev–Trinajstić information content (AvgIpc) is 2.75. The van der Waals surface area contributed by atoms with Crippen molar-refractivity contribution in [2.45, 2.75) is 20.0 Å². The molecule has 0 spiro atoms. The van der Waals surface area contributed by atoms with E-state index in [0.717, 1.165) is 28.0 Å². The molecule has 3 aromatic rings. The Balaban J connectivity index is 1.94. The number of hydrogen-bond acceptors (Lipinski definition) is 6. The second-order valence-corrected chi connectivity index (χ2v) is 8.34. The molecule has 0 saturated heterocycles. The molecule has 0 aliphatic heterocycles. The second kappa shape index (κ2) is 9.79. The van der Waals surface area contributed by atoms with E-state index in [1.54, 1.807) is 25.6 Å². The van der Waals surface area contributed by atoms with Gasteiger partial charge >= 0.3 is 7.60 Å². The zero-order valence-corrected chi connectivity index (χ0v) is 17.8. The summed E-state index contributed by atoms with van der Waals surface area (Å²) in [5.74, 6) is 1.40. The fourth-order valence-corrected chi connectivity index (χ4v) is 4.76. The molecule has 0 N–H and O–H groups in total. The van der Waals surface area contributed by atoms with E-state index < -0.39 is 7.60 Å². The van der Waals surface area contributed by atoms with Crippen LogP contribution in [-0.4, -0.2) is 30.3 Å². The van der Waals surface area contributed by atoms with E-state index in [1.807, 2.05) is 56.3 Å². The summed E-state index contributed by atoms with van der Waals surface area (Å²) in [5.41, 5.74) is 3.74. The maximum absolute atomic E-state index is 12.8. The quantitative estimate of drug-likeness (QED) is 0.427. The summed E-state index contributed by atoms with van der Waals surface area (Å²) < 4.78 is 29.0. The van der Waals surface area contributed by atoms with Crippen LogP contribution in [0.2, 0.25) is 0 Å². The summed E-state index contributed by atoms with van der Waals surface area (Å²) in [6, 6.07) is 15.4. The third-order valence-corrected chi connectivity index (χ3v) is 6.38. The van der Waals surface area contributed by atoms with Crippen molar-refractivity contribution >= 4 is 7.60 Å². The summed E-state index contributed by atoms with van der Waals surface area (Å²) >= 11 is 0. The highest BCUT2D eigenvalue weighted by atomic mass is 31.2. The first-order chi connectivity index (χ1) is 14.1. The summed E-state index contributed by atoms with van der Waals surface area (Å²) in [6.07, 6.45) is 3.68. The van der Waals surface area contributed by atoms with E-state index in [9.17, 15) is 4.57 Å². The molecule has 0 unspecified atom stereocenters. The predicted molar refractivity (Wildman–Crippen MR) is 114 cm³/mol. The third kappa shape index (κ3) is 5.30. The monoisotopic (exact) mass is 412 g/mol. The van der Waals surface area contributed by atoms with Gasteiger partial charge < -0.3 is 13.8 Å². The van der Waals surface area contributed by atoms with Gasteiger partial charge in [0.25, 0.3) is 0 Å². The molecule has 1 aromatic heterocycles. The van der Waals surface area contributed by atoms with Crippen molar-refractivity contribution in [3.63, 3.8) is 0 Å². The largest absolute Gasteiger partial charge is 0.497 e. The van der Waals surface area contributed by atoms with Gasteiger partial charge in [-0.15, -0.1) is 0 Å². The fourth-order valence-electron chi connectivity index (χ4n) is 3.06. The summed E-state index contributed by atoms with van der Waals surface area (Å²) in [6.45, 7) is 4.31. The second-order valence-electron chi connectivity index (χ2n) is 6.29. The number of ether oxygens (including phenoxy) is 1. The molecule has 2 aromatic carbocycles. The van der Waals surface area contributed by atoms with Crippen LogP contribution in [0.1, 0.15) is 19.4 Å². The van der Waals surface area contributed by atoms with Crippen molar-refractivity contribution in [3.8, 4) is 28.3 Å². The van der Waals surface area contributed by atoms with Gasteiger partial charge in [0, 0.05) is 18.0 Å². The summed E-state index contributed by atoms with van der Waals surface area (Å²) in [5, 5.41) is 0. The average molecular weight is 412 g/mol. The standard InChI is InChI=1S/C22H25N2O4P/c1-4-27-29(25,28-5-2)16-17-7-9-18(10-8-17)21-15-19(26-3)11-12-20(21)22-23-13-6-14-24-22/h6-15H,4-5,16H2,1-3H3. The Morgan fingerprint density at radius 2 is 1.55 bits per heavy atom. The number of hydrogen-bond donors (Lipinski definition) is 0. The molecule has 3 rings (SSSR count). The molecule has 0 amide bonds. The fraction of sp³-hybridized carbons (Fsp3) is 0.273. The van der Waals surface area contributed by atoms with Crippen LogP contribution >= 0.6 is 7.60 Å². The Kier molecular flexibility index (Phi) is 7.15. The lowest BCUT2D eigenvalue weighted by Gasteiger charge is -2.17. The number of methoxy groups -OCH3 is 1. The minimum absolute atomic E-state index is 0.238. The lowest BCUT2D eigenvalue weighted by atomic mass is 9.98. The molecule has 0 atom stereocenters. The molecular formula is C22H25N2O4P. The Morgan fingerprint density at radius 3 is 2.14 bits per heavy atom. The summed E-state index contributed by atoms with van der Waals surface area (Å²) in [7, 11) is -1.50.